The first-order valence-corrected chi connectivity index (χ1v) is 11.5. The number of ketones is 1. The molecule has 0 spiro atoms. The monoisotopic (exact) mass is 491 g/mol. The Bertz CT molecular complexity index is 835. The number of nitrogens with one attached hydrogen (secondary N) is 2. The van der Waals surface area contributed by atoms with E-state index in [0.717, 1.165) is 0 Å². The summed E-state index contributed by atoms with van der Waals surface area (Å²) in [5.41, 5.74) is -0.292. The summed E-state index contributed by atoms with van der Waals surface area (Å²) in [4.78, 5) is 52.0. The Hall–Kier alpha value is -2.21. The normalized spacial score (nSPS) is 30.1. The number of aliphatic hydroxyl groups is 1. The maximum absolute atomic E-state index is 13.2. The Morgan fingerprint density at radius 2 is 1.97 bits per heavy atom. The van der Waals surface area contributed by atoms with Crippen molar-refractivity contribution in [1.29, 1.82) is 0 Å². The number of aliphatic hydroxyl groups excluding tert-OH is 1. The van der Waals surface area contributed by atoms with Gasteiger partial charge < -0.3 is 20.6 Å². The van der Waals surface area contributed by atoms with Crippen molar-refractivity contribution >= 4 is 23.5 Å². The smallest absolute Gasteiger partial charge is 0.383 e. The summed E-state index contributed by atoms with van der Waals surface area (Å²) in [6.07, 6.45) is -4.87. The number of fused-ring (bicyclic) bond motifs is 1. The zero-order valence-corrected chi connectivity index (χ0v) is 19.5. The summed E-state index contributed by atoms with van der Waals surface area (Å²) in [5.74, 6) is -3.21. The zero-order valence-electron chi connectivity index (χ0n) is 19.5. The second-order valence-corrected chi connectivity index (χ2v) is 10.3. The van der Waals surface area contributed by atoms with Crippen molar-refractivity contribution in [3.63, 3.8) is 0 Å². The lowest BCUT2D eigenvalue weighted by atomic mass is 9.95. The molecule has 2 heterocycles. The molecule has 0 aromatic carbocycles. The lowest BCUT2D eigenvalue weighted by Crippen LogP contribution is -2.55. The van der Waals surface area contributed by atoms with Crippen LogP contribution in [0.1, 0.15) is 52.9 Å². The van der Waals surface area contributed by atoms with Crippen molar-refractivity contribution in [2.75, 3.05) is 13.2 Å². The molecule has 192 valence electrons. The largest absolute Gasteiger partial charge is 0.522 e. The van der Waals surface area contributed by atoms with Crippen molar-refractivity contribution in [2.45, 2.75) is 83.5 Å². The highest BCUT2D eigenvalue weighted by molar-refractivity contribution is 5.95. The highest BCUT2D eigenvalue weighted by Crippen LogP contribution is 2.59. The highest BCUT2D eigenvalue weighted by atomic mass is 19.4. The molecule has 1 aliphatic carbocycles. The van der Waals surface area contributed by atoms with Crippen LogP contribution < -0.4 is 10.6 Å². The van der Waals surface area contributed by atoms with Gasteiger partial charge in [-0.25, -0.2) is 0 Å². The minimum absolute atomic E-state index is 0.0487. The van der Waals surface area contributed by atoms with Gasteiger partial charge >= 0.3 is 6.36 Å². The summed E-state index contributed by atoms with van der Waals surface area (Å²) in [6, 6.07) is -2.57. The Morgan fingerprint density at radius 1 is 1.29 bits per heavy atom. The predicted octanol–water partition coefficient (Wildman–Crippen LogP) is 0.889. The van der Waals surface area contributed by atoms with Crippen LogP contribution in [0.15, 0.2) is 0 Å². The molecule has 2 saturated heterocycles. The number of nitrogens with zero attached hydrogens (tertiary/aromatic N) is 1. The fraction of sp³-hybridized carbons (Fsp3) is 0.818. The van der Waals surface area contributed by atoms with E-state index in [9.17, 15) is 37.5 Å². The number of rotatable bonds is 10. The Balaban J connectivity index is 1.73. The van der Waals surface area contributed by atoms with Gasteiger partial charge in [0, 0.05) is 18.5 Å². The molecule has 0 radical (unpaired) electrons. The lowest BCUT2D eigenvalue weighted by molar-refractivity contribution is -0.321. The van der Waals surface area contributed by atoms with Gasteiger partial charge in [0.1, 0.15) is 18.8 Å². The van der Waals surface area contributed by atoms with Crippen LogP contribution in [0.4, 0.5) is 13.2 Å². The average molecular weight is 492 g/mol. The van der Waals surface area contributed by atoms with Gasteiger partial charge in [0.05, 0.1) is 6.04 Å². The number of piperidine rings is 1. The Labute approximate surface area is 195 Å². The van der Waals surface area contributed by atoms with Gasteiger partial charge in [0.2, 0.25) is 11.8 Å². The first-order chi connectivity index (χ1) is 15.7. The van der Waals surface area contributed by atoms with Crippen LogP contribution in [0, 0.1) is 17.3 Å². The molecule has 0 aromatic heterocycles. The first kappa shape index (κ1) is 26.4. The molecule has 6 atom stereocenters. The van der Waals surface area contributed by atoms with Gasteiger partial charge in [-0.1, -0.05) is 20.8 Å². The van der Waals surface area contributed by atoms with E-state index in [2.05, 4.69) is 15.4 Å². The summed E-state index contributed by atoms with van der Waals surface area (Å²) < 4.78 is 41.0. The Morgan fingerprint density at radius 3 is 2.53 bits per heavy atom. The standard InChI is InChI=1S/C22H32F3N3O6/c1-11(2)6-15(29)20(33)28-14(8-21(3)9-17(21)28)19(32)27-13(7-12-4-5-26-18(12)31)16(30)10-34-22(23,24)25/h11-15,17,29H,4-10H2,1-3H3,(H,26,31)(H,27,32)/t12?,13?,14-,15?,17+,21-/m0/s1. The van der Waals surface area contributed by atoms with Crippen LogP contribution >= 0.6 is 0 Å². The van der Waals surface area contributed by atoms with Gasteiger partial charge in [0.15, 0.2) is 5.78 Å². The van der Waals surface area contributed by atoms with E-state index >= 15 is 0 Å². The molecule has 2 aliphatic heterocycles. The third kappa shape index (κ3) is 6.07. The van der Waals surface area contributed by atoms with Crippen LogP contribution in [0.5, 0.6) is 0 Å². The fourth-order valence-corrected chi connectivity index (χ4v) is 4.99. The SMILES string of the molecule is CC(C)CC(O)C(=O)N1[C@H](C(=O)NC(CC2CCNC2=O)C(=O)COC(F)(F)F)C[C@@]2(C)C[C@@H]12. The fourth-order valence-electron chi connectivity index (χ4n) is 4.99. The zero-order chi connectivity index (χ0) is 25.4. The lowest BCUT2D eigenvalue weighted by Gasteiger charge is -2.30. The second kappa shape index (κ2) is 9.80. The van der Waals surface area contributed by atoms with Gasteiger partial charge in [-0.15, -0.1) is 13.2 Å². The summed E-state index contributed by atoms with van der Waals surface area (Å²) in [6.45, 7) is 4.69. The topological polar surface area (TPSA) is 125 Å². The van der Waals surface area contributed by atoms with Crippen molar-refractivity contribution < 1.29 is 42.2 Å². The number of carbonyl (C=O) groups excluding carboxylic acids is 4. The number of carbonyl (C=O) groups is 4. The van der Waals surface area contributed by atoms with Crippen molar-refractivity contribution in [3.8, 4) is 0 Å². The molecule has 34 heavy (non-hydrogen) atoms. The number of amides is 3. The minimum Gasteiger partial charge on any atom is -0.383 e. The van der Waals surface area contributed by atoms with E-state index in [1.54, 1.807) is 0 Å². The Kier molecular flexibility index (Phi) is 7.61. The molecule has 3 aliphatic rings. The van der Waals surface area contributed by atoms with Gasteiger partial charge in [-0.2, -0.15) is 0 Å². The van der Waals surface area contributed by atoms with Crippen molar-refractivity contribution in [2.24, 2.45) is 17.3 Å². The van der Waals surface area contributed by atoms with E-state index in [0.29, 0.717) is 25.8 Å². The van der Waals surface area contributed by atoms with Crippen LogP contribution in [-0.2, 0) is 23.9 Å². The quantitative estimate of drug-likeness (QED) is 0.417. The molecular formula is C22H32F3N3O6. The average Bonchev–Trinajstić information content (AvgIpc) is 3.05. The molecule has 1 saturated carbocycles. The maximum Gasteiger partial charge on any atom is 0.522 e. The molecule has 3 rings (SSSR count). The molecule has 12 heteroatoms. The second-order valence-electron chi connectivity index (χ2n) is 10.3. The van der Waals surface area contributed by atoms with Crippen molar-refractivity contribution in [3.05, 3.63) is 0 Å². The van der Waals surface area contributed by atoms with Crippen molar-refractivity contribution in [1.82, 2.24) is 15.5 Å². The number of hydrogen-bond acceptors (Lipinski definition) is 6. The van der Waals surface area contributed by atoms with E-state index in [1.165, 1.54) is 4.90 Å². The summed E-state index contributed by atoms with van der Waals surface area (Å²) >= 11 is 0. The van der Waals surface area contributed by atoms with Crippen LogP contribution in [0.3, 0.4) is 0 Å². The van der Waals surface area contributed by atoms with Gasteiger partial charge in [-0.3, -0.25) is 23.9 Å². The maximum atomic E-state index is 13.2. The van der Waals surface area contributed by atoms with Gasteiger partial charge in [0.25, 0.3) is 5.91 Å². The number of likely N-dealkylation sites (tertiary alicyclic amines) is 1. The molecule has 0 aromatic rings. The molecule has 0 bridgehead atoms. The van der Waals surface area contributed by atoms with Crippen LogP contribution in [0.2, 0.25) is 0 Å². The van der Waals surface area contributed by atoms with E-state index in [4.69, 9.17) is 0 Å². The number of alkyl halides is 3. The third-order valence-corrected chi connectivity index (χ3v) is 6.94. The van der Waals surface area contributed by atoms with Crippen LogP contribution in [-0.4, -0.2) is 77.3 Å². The number of ether oxygens (including phenoxy) is 1. The number of halogens is 3. The molecule has 3 fully saturated rings. The molecule has 3 N–H and O–H groups in total. The third-order valence-electron chi connectivity index (χ3n) is 6.94. The highest BCUT2D eigenvalue weighted by Gasteiger charge is 2.65. The van der Waals surface area contributed by atoms with Gasteiger partial charge in [-0.05, 0) is 43.4 Å². The van der Waals surface area contributed by atoms with E-state index < -0.39 is 54.7 Å². The molecular weight excluding hydrogens is 459 g/mol. The molecule has 3 amide bonds. The van der Waals surface area contributed by atoms with Crippen LogP contribution in [0.25, 0.3) is 0 Å². The first-order valence-electron chi connectivity index (χ1n) is 11.5. The number of hydrogen-bond donors (Lipinski definition) is 3. The summed E-state index contributed by atoms with van der Waals surface area (Å²) in [5, 5.41) is 15.4. The number of Topliss-reactive ketones (excluding diaryl/α,β-unsaturated/α-hetero) is 1. The van der Waals surface area contributed by atoms with E-state index in [1.807, 2.05) is 20.8 Å². The predicted molar refractivity (Wildman–Crippen MR) is 112 cm³/mol. The van der Waals surface area contributed by atoms with E-state index in [-0.39, 0.29) is 36.1 Å². The minimum atomic E-state index is -5.02. The molecule has 3 unspecified atom stereocenters. The summed E-state index contributed by atoms with van der Waals surface area (Å²) in [7, 11) is 0. The molecule has 9 nitrogen and oxygen atoms in total.